The van der Waals surface area contributed by atoms with Crippen LogP contribution in [-0.2, 0) is 13.0 Å². The van der Waals surface area contributed by atoms with Crippen molar-refractivity contribution in [1.29, 1.82) is 0 Å². The molecule has 2 N–H and O–H groups in total. The Bertz CT molecular complexity index is 316. The molecule has 15 heavy (non-hydrogen) atoms. The lowest BCUT2D eigenvalue weighted by Gasteiger charge is -2.24. The molecule has 0 saturated carbocycles. The fourth-order valence-corrected chi connectivity index (χ4v) is 1.61. The first-order chi connectivity index (χ1) is 7.04. The highest BCUT2D eigenvalue weighted by atomic mass is 16.3. The molecule has 0 saturated heterocycles. The predicted molar refractivity (Wildman–Crippen MR) is 58.6 cm³/mol. The van der Waals surface area contributed by atoms with Crippen molar-refractivity contribution in [2.45, 2.75) is 33.7 Å². The molecule has 0 fully saturated rings. The van der Waals surface area contributed by atoms with Gasteiger partial charge in [0.2, 0.25) is 0 Å². The monoisotopic (exact) mass is 212 g/mol. The van der Waals surface area contributed by atoms with Gasteiger partial charge in [-0.2, -0.15) is 5.10 Å². The van der Waals surface area contributed by atoms with E-state index in [2.05, 4.69) is 5.10 Å². The maximum atomic E-state index is 9.23. The van der Waals surface area contributed by atoms with Crippen molar-refractivity contribution in [1.82, 2.24) is 9.78 Å². The molecule has 0 radical (unpaired) electrons. The van der Waals surface area contributed by atoms with E-state index in [0.717, 1.165) is 17.9 Å². The largest absolute Gasteiger partial charge is 0.396 e. The highest BCUT2D eigenvalue weighted by Gasteiger charge is 2.24. The molecule has 0 spiro atoms. The third kappa shape index (κ3) is 2.79. The van der Waals surface area contributed by atoms with Gasteiger partial charge in [-0.15, -0.1) is 0 Å². The van der Waals surface area contributed by atoms with Gasteiger partial charge in [-0.3, -0.25) is 4.68 Å². The van der Waals surface area contributed by atoms with Crippen LogP contribution in [0.25, 0.3) is 0 Å². The van der Waals surface area contributed by atoms with Crippen molar-refractivity contribution in [3.63, 3.8) is 0 Å². The van der Waals surface area contributed by atoms with E-state index < -0.39 is 5.41 Å². The van der Waals surface area contributed by atoms with Crippen LogP contribution in [0.1, 0.15) is 25.2 Å². The molecule has 4 nitrogen and oxygen atoms in total. The third-order valence-electron chi connectivity index (χ3n) is 2.66. The van der Waals surface area contributed by atoms with Gasteiger partial charge in [-0.1, -0.05) is 6.92 Å². The molecule has 1 rings (SSSR count). The van der Waals surface area contributed by atoms with Gasteiger partial charge >= 0.3 is 0 Å². The predicted octanol–water partition coefficient (Wildman–Crippen LogP) is 0.745. The Labute approximate surface area is 90.5 Å². The van der Waals surface area contributed by atoms with Crippen LogP contribution in [0.2, 0.25) is 0 Å². The van der Waals surface area contributed by atoms with Crippen LogP contribution in [-0.4, -0.2) is 33.2 Å². The number of nitrogens with zero attached hydrogens (tertiary/aromatic N) is 2. The highest BCUT2D eigenvalue weighted by molar-refractivity contribution is 5.11. The van der Waals surface area contributed by atoms with Gasteiger partial charge in [0.15, 0.2) is 0 Å². The van der Waals surface area contributed by atoms with Crippen LogP contribution < -0.4 is 0 Å². The number of aliphatic hydroxyl groups is 2. The van der Waals surface area contributed by atoms with Gasteiger partial charge < -0.3 is 10.2 Å². The molecule has 1 aromatic rings. The van der Waals surface area contributed by atoms with E-state index in [-0.39, 0.29) is 13.2 Å². The van der Waals surface area contributed by atoms with Gasteiger partial charge in [0.05, 0.1) is 18.9 Å². The summed E-state index contributed by atoms with van der Waals surface area (Å²) in [5.74, 6) is 0. The summed E-state index contributed by atoms with van der Waals surface area (Å²) in [4.78, 5) is 0. The normalized spacial score (nSPS) is 12.1. The molecule has 0 atom stereocenters. The maximum Gasteiger partial charge on any atom is 0.0596 e. The standard InChI is InChI=1S/C11H20N2O2/c1-4-13-10(5-9(2)12-13)6-11(3,7-14)8-15/h5,14-15H,4,6-8H2,1-3H3. The molecule has 0 aromatic carbocycles. The summed E-state index contributed by atoms with van der Waals surface area (Å²) >= 11 is 0. The minimum absolute atomic E-state index is 0.0164. The number of aryl methyl sites for hydroxylation is 2. The molecule has 0 bridgehead atoms. The first-order valence-corrected chi connectivity index (χ1v) is 5.29. The number of aliphatic hydroxyl groups excluding tert-OH is 2. The Balaban J connectivity index is 2.87. The molecule has 0 aliphatic rings. The van der Waals surface area contributed by atoms with Crippen LogP contribution in [0.15, 0.2) is 6.07 Å². The van der Waals surface area contributed by atoms with Crippen molar-refractivity contribution in [2.75, 3.05) is 13.2 Å². The SMILES string of the molecule is CCn1nc(C)cc1CC(C)(CO)CO. The van der Waals surface area contributed by atoms with E-state index in [1.54, 1.807) is 0 Å². The summed E-state index contributed by atoms with van der Waals surface area (Å²) < 4.78 is 1.92. The lowest BCUT2D eigenvalue weighted by molar-refractivity contribution is 0.0686. The van der Waals surface area contributed by atoms with Crippen molar-refractivity contribution in [3.8, 4) is 0 Å². The fraction of sp³-hybridized carbons (Fsp3) is 0.727. The van der Waals surface area contributed by atoms with Crippen LogP contribution in [0.5, 0.6) is 0 Å². The first kappa shape index (κ1) is 12.2. The molecular formula is C11H20N2O2. The highest BCUT2D eigenvalue weighted by Crippen LogP contribution is 2.21. The third-order valence-corrected chi connectivity index (χ3v) is 2.66. The van der Waals surface area contributed by atoms with Crippen molar-refractivity contribution in [2.24, 2.45) is 5.41 Å². The molecule has 4 heteroatoms. The minimum atomic E-state index is -0.459. The van der Waals surface area contributed by atoms with Gasteiger partial charge in [0.25, 0.3) is 0 Å². The summed E-state index contributed by atoms with van der Waals surface area (Å²) in [6, 6.07) is 2.01. The Morgan fingerprint density at radius 3 is 2.47 bits per heavy atom. The van der Waals surface area contributed by atoms with E-state index >= 15 is 0 Å². The van der Waals surface area contributed by atoms with Gasteiger partial charge in [0, 0.05) is 17.7 Å². The molecule has 0 unspecified atom stereocenters. The lowest BCUT2D eigenvalue weighted by atomic mass is 9.87. The van der Waals surface area contributed by atoms with E-state index in [9.17, 15) is 10.2 Å². The number of hydrogen-bond donors (Lipinski definition) is 2. The zero-order chi connectivity index (χ0) is 11.5. The van der Waals surface area contributed by atoms with Crippen LogP contribution >= 0.6 is 0 Å². The molecule has 0 aliphatic heterocycles. The van der Waals surface area contributed by atoms with Crippen molar-refractivity contribution < 1.29 is 10.2 Å². The second-order valence-electron chi connectivity index (χ2n) is 4.40. The average molecular weight is 212 g/mol. The molecule has 0 aliphatic carbocycles. The fourth-order valence-electron chi connectivity index (χ4n) is 1.61. The van der Waals surface area contributed by atoms with Crippen LogP contribution in [0.4, 0.5) is 0 Å². The van der Waals surface area contributed by atoms with E-state index in [4.69, 9.17) is 0 Å². The summed E-state index contributed by atoms with van der Waals surface area (Å²) in [7, 11) is 0. The molecule has 1 aromatic heterocycles. The molecule has 1 heterocycles. The number of aromatic nitrogens is 2. The van der Waals surface area contributed by atoms with Crippen molar-refractivity contribution in [3.05, 3.63) is 17.5 Å². The Morgan fingerprint density at radius 2 is 2.00 bits per heavy atom. The lowest BCUT2D eigenvalue weighted by Crippen LogP contribution is -2.29. The first-order valence-electron chi connectivity index (χ1n) is 5.29. The smallest absolute Gasteiger partial charge is 0.0596 e. The van der Waals surface area contributed by atoms with Gasteiger partial charge in [-0.05, 0) is 26.3 Å². The Morgan fingerprint density at radius 1 is 1.40 bits per heavy atom. The van der Waals surface area contributed by atoms with Crippen LogP contribution in [0.3, 0.4) is 0 Å². The number of rotatable bonds is 5. The Hall–Kier alpha value is -0.870. The summed E-state index contributed by atoms with van der Waals surface area (Å²) in [6.45, 7) is 6.64. The maximum absolute atomic E-state index is 9.23. The minimum Gasteiger partial charge on any atom is -0.396 e. The van der Waals surface area contributed by atoms with Gasteiger partial charge in [0.1, 0.15) is 0 Å². The topological polar surface area (TPSA) is 58.3 Å². The van der Waals surface area contributed by atoms with E-state index in [0.29, 0.717) is 6.42 Å². The van der Waals surface area contributed by atoms with E-state index in [1.807, 2.05) is 31.5 Å². The summed E-state index contributed by atoms with van der Waals surface area (Å²) in [5, 5.41) is 22.8. The summed E-state index contributed by atoms with van der Waals surface area (Å²) in [6.07, 6.45) is 0.648. The second kappa shape index (κ2) is 4.77. The van der Waals surface area contributed by atoms with Gasteiger partial charge in [-0.25, -0.2) is 0 Å². The zero-order valence-electron chi connectivity index (χ0n) is 9.69. The number of hydrogen-bond acceptors (Lipinski definition) is 3. The summed E-state index contributed by atoms with van der Waals surface area (Å²) in [5.41, 5.74) is 1.59. The van der Waals surface area contributed by atoms with E-state index in [1.165, 1.54) is 0 Å². The Kier molecular flexibility index (Phi) is 3.88. The molecular weight excluding hydrogens is 192 g/mol. The average Bonchev–Trinajstić information content (AvgIpc) is 2.58. The van der Waals surface area contributed by atoms with Crippen LogP contribution in [0, 0.1) is 12.3 Å². The quantitative estimate of drug-likeness (QED) is 0.757. The molecule has 0 amide bonds. The van der Waals surface area contributed by atoms with Crippen molar-refractivity contribution >= 4 is 0 Å². The molecule has 86 valence electrons. The second-order valence-corrected chi connectivity index (χ2v) is 4.40. The zero-order valence-corrected chi connectivity index (χ0v) is 9.69.